The van der Waals surface area contributed by atoms with Gasteiger partial charge in [0, 0.05) is 11.1 Å². The van der Waals surface area contributed by atoms with Crippen LogP contribution in [0.3, 0.4) is 0 Å². The fourth-order valence-corrected chi connectivity index (χ4v) is 3.33. The van der Waals surface area contributed by atoms with Crippen LogP contribution in [0.4, 0.5) is 0 Å². The molecule has 0 spiro atoms. The molecule has 0 aliphatic carbocycles. The number of hydrogen-bond acceptors (Lipinski definition) is 4. The van der Waals surface area contributed by atoms with Gasteiger partial charge in [-0.25, -0.2) is 23.0 Å². The predicted octanol–water partition coefficient (Wildman–Crippen LogP) is 2.45. The Balaban J connectivity index is 2.25. The lowest BCUT2D eigenvalue weighted by Crippen LogP contribution is -2.12. The van der Waals surface area contributed by atoms with Crippen LogP contribution >= 0.6 is 0 Å². The number of nitrogens with two attached hydrogens (primary N) is 1. The fourth-order valence-electron chi connectivity index (χ4n) is 2.81. The van der Waals surface area contributed by atoms with E-state index in [0.29, 0.717) is 23.4 Å². The van der Waals surface area contributed by atoms with Crippen molar-refractivity contribution >= 4 is 16.0 Å². The summed E-state index contributed by atoms with van der Waals surface area (Å²) in [6.45, 7) is 1.87. The first-order valence-electron chi connectivity index (χ1n) is 7.86. The second kappa shape index (κ2) is 6.74. The van der Waals surface area contributed by atoms with Gasteiger partial charge in [0.25, 0.3) is 0 Å². The van der Waals surface area contributed by atoms with Crippen molar-refractivity contribution in [3.63, 3.8) is 0 Å². The van der Waals surface area contributed by atoms with Gasteiger partial charge in [0.05, 0.1) is 16.3 Å². The van der Waals surface area contributed by atoms with Crippen molar-refractivity contribution in [2.75, 3.05) is 0 Å². The molecule has 0 fully saturated rings. The molecule has 8 heteroatoms. The molecule has 1 heterocycles. The maximum absolute atomic E-state index is 11.6. The first-order valence-corrected chi connectivity index (χ1v) is 9.41. The zero-order valence-corrected chi connectivity index (χ0v) is 14.8. The number of carboxylic acid groups (broad SMARTS) is 1. The molecular weight excluding hydrogens is 354 g/mol. The van der Waals surface area contributed by atoms with Crippen LogP contribution in [0.2, 0.25) is 0 Å². The van der Waals surface area contributed by atoms with E-state index in [9.17, 15) is 18.3 Å². The van der Waals surface area contributed by atoms with Crippen LogP contribution in [0, 0.1) is 0 Å². The Bertz CT molecular complexity index is 1060. The lowest BCUT2D eigenvalue weighted by molar-refractivity contribution is 0.0689. The van der Waals surface area contributed by atoms with Gasteiger partial charge in [-0.1, -0.05) is 37.3 Å². The molecule has 7 nitrogen and oxygen atoms in total. The first-order chi connectivity index (χ1) is 12.3. The number of nitrogens with zero attached hydrogens (tertiary/aromatic N) is 2. The van der Waals surface area contributed by atoms with Crippen molar-refractivity contribution in [3.05, 3.63) is 65.9 Å². The third kappa shape index (κ3) is 3.24. The molecular formula is C18H17N3O4S. The lowest BCUT2D eigenvalue weighted by Gasteiger charge is -2.10. The SMILES string of the molecule is CCc1c(C(=O)O)nn(-c2ccc(S(N)(=O)=O)cc2)c1-c1ccccc1. The van der Waals surface area contributed by atoms with E-state index >= 15 is 0 Å². The van der Waals surface area contributed by atoms with E-state index in [0.717, 1.165) is 5.56 Å². The zero-order valence-electron chi connectivity index (χ0n) is 14.0. The second-order valence-electron chi connectivity index (χ2n) is 5.65. The van der Waals surface area contributed by atoms with Gasteiger partial charge < -0.3 is 5.11 Å². The summed E-state index contributed by atoms with van der Waals surface area (Å²) in [5.41, 5.74) is 2.60. The topological polar surface area (TPSA) is 115 Å². The van der Waals surface area contributed by atoms with Gasteiger partial charge in [-0.2, -0.15) is 5.10 Å². The summed E-state index contributed by atoms with van der Waals surface area (Å²) in [6.07, 6.45) is 0.487. The largest absolute Gasteiger partial charge is 0.476 e. The van der Waals surface area contributed by atoms with Crippen molar-refractivity contribution in [2.24, 2.45) is 5.14 Å². The van der Waals surface area contributed by atoms with Crippen LogP contribution < -0.4 is 5.14 Å². The van der Waals surface area contributed by atoms with Gasteiger partial charge in [0.2, 0.25) is 10.0 Å². The molecule has 2 aromatic carbocycles. The molecule has 0 aliphatic heterocycles. The van der Waals surface area contributed by atoms with Gasteiger partial charge in [-0.05, 0) is 30.7 Å². The number of aromatic carboxylic acids is 1. The summed E-state index contributed by atoms with van der Waals surface area (Å²) in [6, 6.07) is 15.2. The molecule has 3 N–H and O–H groups in total. The second-order valence-corrected chi connectivity index (χ2v) is 7.21. The fraction of sp³-hybridized carbons (Fsp3) is 0.111. The van der Waals surface area contributed by atoms with Crippen molar-refractivity contribution in [1.82, 2.24) is 9.78 Å². The van der Waals surface area contributed by atoms with Gasteiger partial charge in [0.15, 0.2) is 5.69 Å². The molecule has 0 saturated carbocycles. The molecule has 0 bridgehead atoms. The summed E-state index contributed by atoms with van der Waals surface area (Å²) < 4.78 is 24.4. The predicted molar refractivity (Wildman–Crippen MR) is 96.7 cm³/mol. The highest BCUT2D eigenvalue weighted by Gasteiger charge is 2.23. The number of sulfonamides is 1. The van der Waals surface area contributed by atoms with Crippen LogP contribution in [0.1, 0.15) is 23.0 Å². The molecule has 0 atom stereocenters. The summed E-state index contributed by atoms with van der Waals surface area (Å²) in [4.78, 5) is 11.6. The van der Waals surface area contributed by atoms with Crippen LogP contribution in [-0.4, -0.2) is 29.3 Å². The molecule has 0 radical (unpaired) electrons. The molecule has 1 aromatic heterocycles. The lowest BCUT2D eigenvalue weighted by atomic mass is 10.0. The third-order valence-electron chi connectivity index (χ3n) is 4.00. The van der Waals surface area contributed by atoms with E-state index in [1.165, 1.54) is 16.8 Å². The number of hydrogen-bond donors (Lipinski definition) is 2. The normalized spacial score (nSPS) is 11.5. The maximum atomic E-state index is 11.6. The number of aromatic nitrogens is 2. The summed E-state index contributed by atoms with van der Waals surface area (Å²) in [7, 11) is -3.81. The number of carboxylic acids is 1. The Kier molecular flexibility index (Phi) is 4.62. The van der Waals surface area contributed by atoms with Crippen molar-refractivity contribution in [1.29, 1.82) is 0 Å². The monoisotopic (exact) mass is 371 g/mol. The quantitative estimate of drug-likeness (QED) is 0.715. The van der Waals surface area contributed by atoms with Crippen LogP contribution in [-0.2, 0) is 16.4 Å². The minimum absolute atomic E-state index is 0.0242. The third-order valence-corrected chi connectivity index (χ3v) is 4.93. The Morgan fingerprint density at radius 3 is 2.23 bits per heavy atom. The standard InChI is InChI=1S/C18H17N3O4S/c1-2-15-16(18(22)23)20-21(17(15)12-6-4-3-5-7-12)13-8-10-14(11-9-13)26(19,24)25/h3-11H,2H2,1H3,(H,22,23)(H2,19,24,25). The maximum Gasteiger partial charge on any atom is 0.356 e. The van der Waals surface area contributed by atoms with Crippen LogP contribution in [0.5, 0.6) is 0 Å². The summed E-state index contributed by atoms with van der Waals surface area (Å²) in [5, 5.41) is 18.9. The van der Waals surface area contributed by atoms with Crippen molar-refractivity contribution < 1.29 is 18.3 Å². The van der Waals surface area contributed by atoms with E-state index in [2.05, 4.69) is 5.10 Å². The summed E-state index contributed by atoms with van der Waals surface area (Å²) in [5.74, 6) is -1.11. The number of carbonyl (C=O) groups is 1. The molecule has 0 unspecified atom stereocenters. The van der Waals surface area contributed by atoms with E-state index in [1.807, 2.05) is 37.3 Å². The molecule has 0 aliphatic rings. The minimum atomic E-state index is -3.81. The first kappa shape index (κ1) is 17.8. The van der Waals surface area contributed by atoms with Crippen molar-refractivity contribution in [2.45, 2.75) is 18.2 Å². The molecule has 26 heavy (non-hydrogen) atoms. The molecule has 3 aromatic rings. The average Bonchev–Trinajstić information content (AvgIpc) is 3.01. The molecule has 0 saturated heterocycles. The highest BCUT2D eigenvalue weighted by molar-refractivity contribution is 7.89. The molecule has 134 valence electrons. The van der Waals surface area contributed by atoms with Gasteiger partial charge in [0.1, 0.15) is 0 Å². The number of benzene rings is 2. The smallest absolute Gasteiger partial charge is 0.356 e. The zero-order chi connectivity index (χ0) is 18.9. The average molecular weight is 371 g/mol. The Labute approximate surface area is 150 Å². The Hall–Kier alpha value is -2.97. The minimum Gasteiger partial charge on any atom is -0.476 e. The van der Waals surface area contributed by atoms with Gasteiger partial charge in [-0.3, -0.25) is 0 Å². The van der Waals surface area contributed by atoms with E-state index in [-0.39, 0.29) is 10.6 Å². The van der Waals surface area contributed by atoms with E-state index in [4.69, 9.17) is 5.14 Å². The molecule has 0 amide bonds. The Morgan fingerprint density at radius 2 is 1.73 bits per heavy atom. The summed E-state index contributed by atoms with van der Waals surface area (Å²) >= 11 is 0. The van der Waals surface area contributed by atoms with Gasteiger partial charge >= 0.3 is 5.97 Å². The van der Waals surface area contributed by atoms with Crippen LogP contribution in [0.25, 0.3) is 16.9 Å². The van der Waals surface area contributed by atoms with E-state index in [1.54, 1.807) is 12.1 Å². The highest BCUT2D eigenvalue weighted by atomic mass is 32.2. The number of rotatable bonds is 5. The number of primary sulfonamides is 1. The highest BCUT2D eigenvalue weighted by Crippen LogP contribution is 2.30. The Morgan fingerprint density at radius 1 is 1.12 bits per heavy atom. The van der Waals surface area contributed by atoms with Crippen molar-refractivity contribution in [3.8, 4) is 16.9 Å². The van der Waals surface area contributed by atoms with Crippen LogP contribution in [0.15, 0.2) is 59.5 Å². The van der Waals surface area contributed by atoms with Gasteiger partial charge in [-0.15, -0.1) is 0 Å². The van der Waals surface area contributed by atoms with E-state index < -0.39 is 16.0 Å². The molecule has 3 rings (SSSR count).